The first-order valence-corrected chi connectivity index (χ1v) is 9.08. The van der Waals surface area contributed by atoms with Gasteiger partial charge in [-0.1, -0.05) is 6.92 Å². The molecule has 2 fully saturated rings. The molecule has 0 bridgehead atoms. The lowest BCUT2D eigenvalue weighted by atomic mass is 10.1. The second kappa shape index (κ2) is 7.61. The summed E-state index contributed by atoms with van der Waals surface area (Å²) < 4.78 is 7.71. The molecule has 1 amide bonds. The maximum Gasteiger partial charge on any atom is 0.240 e. The van der Waals surface area contributed by atoms with Crippen LogP contribution in [0.2, 0.25) is 0 Å². The van der Waals surface area contributed by atoms with Crippen molar-refractivity contribution in [3.05, 3.63) is 11.6 Å². The smallest absolute Gasteiger partial charge is 0.240 e. The Balaban J connectivity index is 1.75. The molecule has 0 unspecified atom stereocenters. The molecule has 24 heavy (non-hydrogen) atoms. The van der Waals surface area contributed by atoms with Gasteiger partial charge in [0.05, 0.1) is 18.7 Å². The van der Waals surface area contributed by atoms with Crippen LogP contribution in [-0.2, 0) is 22.6 Å². The van der Waals surface area contributed by atoms with Gasteiger partial charge in [-0.3, -0.25) is 9.69 Å². The standard InChI is InChI=1S/C17H29N5O2/c1-4-7-22-13(2)18-19-16(22)12-21-11-14(24-3)10-15(21)17(23)20-8-5-6-9-20/h14-15H,4-12H2,1-3H3/t14-,15-/m0/s1. The molecule has 2 atom stereocenters. The number of nitrogens with zero attached hydrogens (tertiary/aromatic N) is 5. The van der Waals surface area contributed by atoms with Crippen LogP contribution in [0.4, 0.5) is 0 Å². The SMILES string of the molecule is CCCn1c(C)nnc1CN1C[C@@H](OC)C[C@H]1C(=O)N1CCCC1. The number of hydrogen-bond donors (Lipinski definition) is 0. The zero-order valence-electron chi connectivity index (χ0n) is 15.1. The third-order valence-electron chi connectivity index (χ3n) is 5.21. The van der Waals surface area contributed by atoms with E-state index in [2.05, 4.69) is 26.6 Å². The Bertz CT molecular complexity index is 567. The van der Waals surface area contributed by atoms with Crippen molar-refractivity contribution < 1.29 is 9.53 Å². The summed E-state index contributed by atoms with van der Waals surface area (Å²) in [6, 6.07) is -0.0971. The summed E-state index contributed by atoms with van der Waals surface area (Å²) in [6.07, 6.45) is 4.17. The maximum atomic E-state index is 12.9. The highest BCUT2D eigenvalue weighted by molar-refractivity contribution is 5.82. The number of carbonyl (C=O) groups is 1. The number of rotatable bonds is 6. The van der Waals surface area contributed by atoms with Gasteiger partial charge in [-0.2, -0.15) is 0 Å². The number of amides is 1. The van der Waals surface area contributed by atoms with Crippen molar-refractivity contribution in [2.45, 2.75) is 64.8 Å². The predicted octanol–water partition coefficient (Wildman–Crippen LogP) is 1.21. The fourth-order valence-electron chi connectivity index (χ4n) is 3.85. The maximum absolute atomic E-state index is 12.9. The minimum atomic E-state index is -0.0971. The van der Waals surface area contributed by atoms with E-state index in [0.717, 1.165) is 63.5 Å². The molecule has 134 valence electrons. The number of hydrogen-bond acceptors (Lipinski definition) is 5. The van der Waals surface area contributed by atoms with Crippen molar-refractivity contribution >= 4 is 5.91 Å². The van der Waals surface area contributed by atoms with Crippen LogP contribution < -0.4 is 0 Å². The normalized spacial score (nSPS) is 24.9. The lowest BCUT2D eigenvalue weighted by Crippen LogP contribution is -2.44. The summed E-state index contributed by atoms with van der Waals surface area (Å²) in [6.45, 7) is 8.28. The van der Waals surface area contributed by atoms with Crippen LogP contribution in [0.15, 0.2) is 0 Å². The van der Waals surface area contributed by atoms with Gasteiger partial charge >= 0.3 is 0 Å². The zero-order chi connectivity index (χ0) is 17.1. The number of carbonyl (C=O) groups excluding carboxylic acids is 1. The Kier molecular flexibility index (Phi) is 5.50. The highest BCUT2D eigenvalue weighted by Gasteiger charge is 2.40. The fourth-order valence-corrected chi connectivity index (χ4v) is 3.85. The highest BCUT2D eigenvalue weighted by Crippen LogP contribution is 2.25. The monoisotopic (exact) mass is 335 g/mol. The fraction of sp³-hybridized carbons (Fsp3) is 0.824. The van der Waals surface area contributed by atoms with Crippen LogP contribution in [-0.4, -0.2) is 69.4 Å². The third-order valence-corrected chi connectivity index (χ3v) is 5.21. The molecule has 0 saturated carbocycles. The Morgan fingerprint density at radius 1 is 1.29 bits per heavy atom. The van der Waals surface area contributed by atoms with Crippen LogP contribution in [0.5, 0.6) is 0 Å². The van der Waals surface area contributed by atoms with Crippen LogP contribution >= 0.6 is 0 Å². The molecule has 3 heterocycles. The van der Waals surface area contributed by atoms with Gasteiger partial charge in [0.2, 0.25) is 5.91 Å². The first kappa shape index (κ1) is 17.4. The van der Waals surface area contributed by atoms with Crippen molar-refractivity contribution in [1.82, 2.24) is 24.6 Å². The minimum Gasteiger partial charge on any atom is -0.380 e. The quantitative estimate of drug-likeness (QED) is 0.782. The molecule has 7 nitrogen and oxygen atoms in total. The Labute approximate surface area is 144 Å². The van der Waals surface area contributed by atoms with Gasteiger partial charge in [0.25, 0.3) is 0 Å². The Morgan fingerprint density at radius 3 is 2.71 bits per heavy atom. The second-order valence-corrected chi connectivity index (χ2v) is 6.89. The summed E-state index contributed by atoms with van der Waals surface area (Å²) in [7, 11) is 1.73. The number of aromatic nitrogens is 3. The molecule has 2 aliphatic heterocycles. The van der Waals surface area contributed by atoms with Crippen molar-refractivity contribution in [3.63, 3.8) is 0 Å². The van der Waals surface area contributed by atoms with Crippen molar-refractivity contribution in [1.29, 1.82) is 0 Å². The predicted molar refractivity (Wildman–Crippen MR) is 90.5 cm³/mol. The minimum absolute atomic E-state index is 0.0971. The third kappa shape index (κ3) is 3.47. The van der Waals surface area contributed by atoms with Crippen LogP contribution in [0.1, 0.15) is 44.3 Å². The lowest BCUT2D eigenvalue weighted by Gasteiger charge is -2.27. The summed E-state index contributed by atoms with van der Waals surface area (Å²) in [5.74, 6) is 2.15. The zero-order valence-corrected chi connectivity index (χ0v) is 15.1. The highest BCUT2D eigenvalue weighted by atomic mass is 16.5. The van der Waals surface area contributed by atoms with Crippen LogP contribution in [0, 0.1) is 6.92 Å². The van der Waals surface area contributed by atoms with Crippen molar-refractivity contribution in [3.8, 4) is 0 Å². The molecule has 1 aromatic heterocycles. The average molecular weight is 335 g/mol. The molecule has 2 aliphatic rings. The van der Waals surface area contributed by atoms with Gasteiger partial charge in [0, 0.05) is 33.3 Å². The molecule has 2 saturated heterocycles. The summed E-state index contributed by atoms with van der Waals surface area (Å²) in [5.41, 5.74) is 0. The molecule has 0 spiro atoms. The lowest BCUT2D eigenvalue weighted by molar-refractivity contribution is -0.135. The molecule has 1 aromatic rings. The van der Waals surface area contributed by atoms with Gasteiger partial charge in [-0.15, -0.1) is 10.2 Å². The van der Waals surface area contributed by atoms with Crippen molar-refractivity contribution in [2.24, 2.45) is 0 Å². The number of aryl methyl sites for hydroxylation is 1. The van der Waals surface area contributed by atoms with Gasteiger partial charge in [-0.25, -0.2) is 0 Å². The average Bonchev–Trinajstić information content (AvgIpc) is 3.30. The van der Waals surface area contributed by atoms with E-state index in [0.29, 0.717) is 6.54 Å². The Morgan fingerprint density at radius 2 is 2.04 bits per heavy atom. The van der Waals surface area contributed by atoms with Gasteiger partial charge < -0.3 is 14.2 Å². The largest absolute Gasteiger partial charge is 0.380 e. The number of methoxy groups -OCH3 is 1. The second-order valence-electron chi connectivity index (χ2n) is 6.89. The van der Waals surface area contributed by atoms with E-state index in [1.54, 1.807) is 7.11 Å². The molecule has 3 rings (SSSR count). The van der Waals surface area contributed by atoms with E-state index in [9.17, 15) is 4.79 Å². The summed E-state index contributed by atoms with van der Waals surface area (Å²) in [4.78, 5) is 17.1. The van der Waals surface area contributed by atoms with E-state index in [-0.39, 0.29) is 18.1 Å². The van der Waals surface area contributed by atoms with Crippen LogP contribution in [0.25, 0.3) is 0 Å². The van der Waals surface area contributed by atoms with Crippen molar-refractivity contribution in [2.75, 3.05) is 26.7 Å². The Hall–Kier alpha value is -1.47. The van der Waals surface area contributed by atoms with E-state index in [4.69, 9.17) is 4.74 Å². The van der Waals surface area contributed by atoms with E-state index < -0.39 is 0 Å². The molecule has 0 radical (unpaired) electrons. The van der Waals surface area contributed by atoms with Gasteiger partial charge in [0.1, 0.15) is 11.6 Å². The number of ether oxygens (including phenoxy) is 1. The van der Waals surface area contributed by atoms with Gasteiger partial charge in [0.15, 0.2) is 0 Å². The molecule has 0 aromatic carbocycles. The summed E-state index contributed by atoms with van der Waals surface area (Å²) in [5, 5.41) is 8.57. The first-order valence-electron chi connectivity index (χ1n) is 9.08. The first-order chi connectivity index (χ1) is 11.6. The topological polar surface area (TPSA) is 63.5 Å². The molecule has 0 aliphatic carbocycles. The van der Waals surface area contributed by atoms with Gasteiger partial charge in [-0.05, 0) is 32.6 Å². The van der Waals surface area contributed by atoms with E-state index >= 15 is 0 Å². The van der Waals surface area contributed by atoms with E-state index in [1.165, 1.54) is 0 Å². The van der Waals surface area contributed by atoms with Crippen LogP contribution in [0.3, 0.4) is 0 Å². The molecule has 7 heteroatoms. The summed E-state index contributed by atoms with van der Waals surface area (Å²) >= 11 is 0. The number of likely N-dealkylation sites (tertiary alicyclic amines) is 2. The molecule has 0 N–H and O–H groups in total. The van der Waals surface area contributed by atoms with E-state index in [1.807, 2.05) is 11.8 Å². The molecular formula is C17H29N5O2. The molecular weight excluding hydrogens is 306 g/mol.